The lowest BCUT2D eigenvalue weighted by atomic mass is 9.76. The Morgan fingerprint density at radius 2 is 1.74 bits per heavy atom. The minimum absolute atomic E-state index is 0.0485. The second kappa shape index (κ2) is 9.66. The van der Waals surface area contributed by atoms with Crippen LogP contribution in [0.1, 0.15) is 43.7 Å². The standard InChI is InChI=1S/C28H29N3O7/c1-15-4-8-21-22(10-15)27(34)30(26(21)33)23-9-7-20(11-17(23)3)38-28(35)18-12-25(32)29(14-18)19-6-5-16(2)24(13-19)31(36)37/h5-7,9,11,13,15,18,21-22H,4,8,10,12,14H2,1-3H3/t15-,18-,21-,22-/m1/s1. The van der Waals surface area contributed by atoms with Crippen LogP contribution in [0.4, 0.5) is 17.1 Å². The van der Waals surface area contributed by atoms with E-state index in [0.717, 1.165) is 6.42 Å². The largest absolute Gasteiger partial charge is 0.426 e. The molecule has 3 fully saturated rings. The van der Waals surface area contributed by atoms with E-state index in [4.69, 9.17) is 4.74 Å². The number of ether oxygens (including phenoxy) is 1. The maximum absolute atomic E-state index is 13.1. The number of fused-ring (bicyclic) bond motifs is 1. The van der Waals surface area contributed by atoms with Crippen molar-refractivity contribution in [2.24, 2.45) is 23.7 Å². The monoisotopic (exact) mass is 519 g/mol. The summed E-state index contributed by atoms with van der Waals surface area (Å²) in [7, 11) is 0. The number of nitro benzene ring substituents is 1. The highest BCUT2D eigenvalue weighted by Gasteiger charge is 2.50. The van der Waals surface area contributed by atoms with E-state index in [1.165, 1.54) is 15.9 Å². The fourth-order valence-electron chi connectivity index (χ4n) is 5.85. The van der Waals surface area contributed by atoms with Gasteiger partial charge in [0.2, 0.25) is 17.7 Å². The topological polar surface area (TPSA) is 127 Å². The van der Waals surface area contributed by atoms with Gasteiger partial charge in [0.05, 0.1) is 34.1 Å². The number of rotatable bonds is 5. The second-order valence-electron chi connectivity index (χ2n) is 10.6. The minimum Gasteiger partial charge on any atom is -0.426 e. The normalized spacial score (nSPS) is 25.1. The van der Waals surface area contributed by atoms with Gasteiger partial charge in [-0.05, 0) is 68.9 Å². The van der Waals surface area contributed by atoms with Crippen molar-refractivity contribution in [3.63, 3.8) is 0 Å². The van der Waals surface area contributed by atoms with Gasteiger partial charge in [-0.3, -0.25) is 29.3 Å². The van der Waals surface area contributed by atoms with Crippen LogP contribution in [-0.2, 0) is 19.2 Å². The molecule has 2 saturated heterocycles. The number of esters is 1. The molecule has 10 nitrogen and oxygen atoms in total. The van der Waals surface area contributed by atoms with Crippen LogP contribution in [0.25, 0.3) is 0 Å². The number of amides is 3. The first-order chi connectivity index (χ1) is 18.0. The van der Waals surface area contributed by atoms with Gasteiger partial charge >= 0.3 is 5.97 Å². The first kappa shape index (κ1) is 25.6. The predicted octanol–water partition coefficient (Wildman–Crippen LogP) is 4.10. The van der Waals surface area contributed by atoms with Crippen molar-refractivity contribution >= 4 is 40.8 Å². The third-order valence-corrected chi connectivity index (χ3v) is 7.97. The highest BCUT2D eigenvalue weighted by molar-refractivity contribution is 6.22. The molecule has 38 heavy (non-hydrogen) atoms. The number of carbonyl (C=O) groups is 4. The molecule has 2 aliphatic heterocycles. The molecular formula is C28H29N3O7. The lowest BCUT2D eigenvalue weighted by Crippen LogP contribution is -2.31. The van der Waals surface area contributed by atoms with E-state index in [0.29, 0.717) is 41.3 Å². The highest BCUT2D eigenvalue weighted by atomic mass is 16.6. The van der Waals surface area contributed by atoms with E-state index in [2.05, 4.69) is 6.92 Å². The highest BCUT2D eigenvalue weighted by Crippen LogP contribution is 2.43. The number of hydrogen-bond donors (Lipinski definition) is 0. The van der Waals surface area contributed by atoms with Crippen LogP contribution >= 0.6 is 0 Å². The maximum atomic E-state index is 13.1. The third kappa shape index (κ3) is 4.44. The zero-order valence-electron chi connectivity index (χ0n) is 21.5. The lowest BCUT2D eigenvalue weighted by molar-refractivity contribution is -0.385. The van der Waals surface area contributed by atoms with E-state index in [-0.39, 0.29) is 54.0 Å². The summed E-state index contributed by atoms with van der Waals surface area (Å²) in [5, 5.41) is 11.3. The van der Waals surface area contributed by atoms with Gasteiger partial charge in [-0.2, -0.15) is 0 Å². The van der Waals surface area contributed by atoms with E-state index in [1.54, 1.807) is 44.2 Å². The van der Waals surface area contributed by atoms with Gasteiger partial charge in [0.25, 0.3) is 5.69 Å². The Bertz CT molecular complexity index is 1370. The fraction of sp³-hybridized carbons (Fsp3) is 0.429. The van der Waals surface area contributed by atoms with E-state index >= 15 is 0 Å². The van der Waals surface area contributed by atoms with Crippen LogP contribution in [0.15, 0.2) is 36.4 Å². The van der Waals surface area contributed by atoms with Crippen molar-refractivity contribution in [1.82, 2.24) is 0 Å². The van der Waals surface area contributed by atoms with Crippen LogP contribution in [0, 0.1) is 47.6 Å². The number of anilines is 2. The summed E-state index contributed by atoms with van der Waals surface area (Å²) in [6, 6.07) is 9.29. The SMILES string of the molecule is Cc1cc(OC(=O)[C@@H]2CC(=O)N(c3ccc(C)c([N+](=O)[O-])c3)C2)ccc1N1C(=O)[C@@H]2CC[C@@H](C)C[C@H]2C1=O. The van der Waals surface area contributed by atoms with Crippen LogP contribution in [0.5, 0.6) is 5.75 Å². The summed E-state index contributed by atoms with van der Waals surface area (Å²) in [5.74, 6) is -1.87. The molecule has 4 atom stereocenters. The van der Waals surface area contributed by atoms with Gasteiger partial charge in [-0.25, -0.2) is 4.90 Å². The summed E-state index contributed by atoms with van der Waals surface area (Å²) in [5.41, 5.74) is 1.86. The van der Waals surface area contributed by atoms with Gasteiger partial charge in [0, 0.05) is 24.6 Å². The van der Waals surface area contributed by atoms with Gasteiger partial charge in [0.1, 0.15) is 5.75 Å². The lowest BCUT2D eigenvalue weighted by Gasteiger charge is -2.25. The summed E-state index contributed by atoms with van der Waals surface area (Å²) in [6.45, 7) is 5.52. The first-order valence-corrected chi connectivity index (χ1v) is 12.8. The van der Waals surface area contributed by atoms with Crippen molar-refractivity contribution in [3.8, 4) is 5.75 Å². The molecule has 0 bridgehead atoms. The summed E-state index contributed by atoms with van der Waals surface area (Å²) in [6.07, 6.45) is 2.29. The van der Waals surface area contributed by atoms with Crippen LogP contribution in [0.2, 0.25) is 0 Å². The molecule has 1 aliphatic carbocycles. The van der Waals surface area contributed by atoms with E-state index < -0.39 is 16.8 Å². The average molecular weight is 520 g/mol. The molecule has 0 N–H and O–H groups in total. The minimum atomic E-state index is -0.741. The molecule has 0 aromatic heterocycles. The number of hydrogen-bond acceptors (Lipinski definition) is 7. The molecule has 198 valence electrons. The summed E-state index contributed by atoms with van der Waals surface area (Å²) >= 11 is 0. The maximum Gasteiger partial charge on any atom is 0.316 e. The van der Waals surface area contributed by atoms with Crippen molar-refractivity contribution in [1.29, 1.82) is 0 Å². The number of nitro groups is 1. The van der Waals surface area contributed by atoms with Crippen molar-refractivity contribution in [2.75, 3.05) is 16.3 Å². The predicted molar refractivity (Wildman–Crippen MR) is 138 cm³/mol. The molecule has 10 heteroatoms. The Kier molecular flexibility index (Phi) is 6.50. The number of nitrogens with zero attached hydrogens (tertiary/aromatic N) is 3. The average Bonchev–Trinajstić information content (AvgIpc) is 3.37. The zero-order chi connectivity index (χ0) is 27.3. The molecule has 0 spiro atoms. The molecule has 2 aromatic carbocycles. The van der Waals surface area contributed by atoms with Gasteiger partial charge in [-0.15, -0.1) is 0 Å². The summed E-state index contributed by atoms with van der Waals surface area (Å²) in [4.78, 5) is 65.1. The van der Waals surface area contributed by atoms with Crippen molar-refractivity contribution in [2.45, 2.75) is 46.5 Å². The van der Waals surface area contributed by atoms with Crippen LogP contribution in [-0.4, -0.2) is 35.2 Å². The number of aryl methyl sites for hydroxylation is 2. The Hall–Kier alpha value is -4.08. The Morgan fingerprint density at radius 3 is 2.45 bits per heavy atom. The first-order valence-electron chi connectivity index (χ1n) is 12.8. The molecule has 2 aromatic rings. The quantitative estimate of drug-likeness (QED) is 0.191. The van der Waals surface area contributed by atoms with Gasteiger partial charge in [0.15, 0.2) is 0 Å². The fourth-order valence-corrected chi connectivity index (χ4v) is 5.85. The molecule has 3 amide bonds. The van der Waals surface area contributed by atoms with Crippen molar-refractivity contribution < 1.29 is 28.8 Å². The molecule has 3 aliphatic rings. The molecular weight excluding hydrogens is 490 g/mol. The van der Waals surface area contributed by atoms with Crippen LogP contribution < -0.4 is 14.5 Å². The van der Waals surface area contributed by atoms with E-state index in [9.17, 15) is 29.3 Å². The van der Waals surface area contributed by atoms with E-state index in [1.807, 2.05) is 0 Å². The number of benzene rings is 2. The van der Waals surface area contributed by atoms with Crippen LogP contribution in [0.3, 0.4) is 0 Å². The molecule has 0 radical (unpaired) electrons. The molecule has 0 unspecified atom stereocenters. The number of imide groups is 1. The molecule has 5 rings (SSSR count). The summed E-state index contributed by atoms with van der Waals surface area (Å²) < 4.78 is 5.56. The molecule has 1 saturated carbocycles. The van der Waals surface area contributed by atoms with Gasteiger partial charge in [-0.1, -0.05) is 13.0 Å². The smallest absolute Gasteiger partial charge is 0.316 e. The Labute approximate surface area is 219 Å². The Morgan fingerprint density at radius 1 is 1.00 bits per heavy atom. The Balaban J connectivity index is 1.28. The number of carbonyl (C=O) groups excluding carboxylic acids is 4. The molecule has 2 heterocycles. The van der Waals surface area contributed by atoms with Gasteiger partial charge < -0.3 is 9.64 Å². The van der Waals surface area contributed by atoms with Crippen molar-refractivity contribution in [3.05, 3.63) is 57.6 Å². The second-order valence-corrected chi connectivity index (χ2v) is 10.6. The zero-order valence-corrected chi connectivity index (χ0v) is 21.5. The third-order valence-electron chi connectivity index (χ3n) is 7.97.